The van der Waals surface area contributed by atoms with Crippen molar-refractivity contribution in [3.8, 4) is 5.75 Å². The number of ether oxygens (including phenoxy) is 1. The van der Waals surface area contributed by atoms with Crippen molar-refractivity contribution in [2.45, 2.75) is 18.8 Å². The molecule has 112 valence electrons. The van der Waals surface area contributed by atoms with Gasteiger partial charge in [-0.15, -0.1) is 0 Å². The van der Waals surface area contributed by atoms with Crippen molar-refractivity contribution in [1.82, 2.24) is 0 Å². The minimum Gasteiger partial charge on any atom is -0.486 e. The van der Waals surface area contributed by atoms with Gasteiger partial charge in [-0.25, -0.2) is 8.42 Å². The molecule has 2 aromatic rings. The van der Waals surface area contributed by atoms with E-state index < -0.39 is 22.0 Å². The second-order valence-corrected chi connectivity index (χ2v) is 7.38. The van der Waals surface area contributed by atoms with E-state index >= 15 is 0 Å². The van der Waals surface area contributed by atoms with Crippen molar-refractivity contribution in [3.63, 3.8) is 0 Å². The highest BCUT2D eigenvalue weighted by atomic mass is 32.2. The fraction of sp³-hybridized carbons (Fsp3) is 0.333. The molecule has 2 atom stereocenters. The van der Waals surface area contributed by atoms with Crippen LogP contribution in [0.4, 0.5) is 0 Å². The van der Waals surface area contributed by atoms with Gasteiger partial charge in [-0.2, -0.15) is 0 Å². The van der Waals surface area contributed by atoms with Crippen LogP contribution >= 0.6 is 0 Å². The summed E-state index contributed by atoms with van der Waals surface area (Å²) in [4.78, 5) is 0. The molecule has 3 rings (SSSR count). The molecule has 0 saturated carbocycles. The molecule has 0 aromatic heterocycles. The van der Waals surface area contributed by atoms with Crippen molar-refractivity contribution >= 4 is 20.6 Å². The van der Waals surface area contributed by atoms with Gasteiger partial charge in [0.15, 0.2) is 9.84 Å². The van der Waals surface area contributed by atoms with Crippen LogP contribution in [0.1, 0.15) is 5.56 Å². The Morgan fingerprint density at radius 2 is 1.90 bits per heavy atom. The maximum Gasteiger partial charge on any atom is 0.156 e. The third kappa shape index (κ3) is 2.74. The van der Waals surface area contributed by atoms with Crippen LogP contribution in [0.3, 0.4) is 0 Å². The maximum atomic E-state index is 11.5. The van der Waals surface area contributed by atoms with E-state index in [2.05, 4.69) is 0 Å². The second kappa shape index (κ2) is 5.29. The van der Waals surface area contributed by atoms with Crippen LogP contribution < -0.4 is 4.74 Å². The summed E-state index contributed by atoms with van der Waals surface area (Å²) in [5.41, 5.74) is 0.601. The molecule has 1 fully saturated rings. The van der Waals surface area contributed by atoms with Crippen LogP contribution in [0.2, 0.25) is 0 Å². The number of benzene rings is 2. The SMILES string of the molecule is O=S1(=O)CC(O)C(Oc2ccc3ccccc3c2CO)C1. The molecular formula is C15H16O5S. The maximum absolute atomic E-state index is 11.5. The van der Waals surface area contributed by atoms with Crippen molar-refractivity contribution < 1.29 is 23.4 Å². The minimum atomic E-state index is -3.26. The smallest absolute Gasteiger partial charge is 0.156 e. The topological polar surface area (TPSA) is 83.8 Å². The van der Waals surface area contributed by atoms with E-state index in [1.54, 1.807) is 6.07 Å². The minimum absolute atomic E-state index is 0.203. The quantitative estimate of drug-likeness (QED) is 0.879. The van der Waals surface area contributed by atoms with Crippen molar-refractivity contribution in [1.29, 1.82) is 0 Å². The average molecular weight is 308 g/mol. The van der Waals surface area contributed by atoms with E-state index in [1.807, 2.05) is 30.3 Å². The average Bonchev–Trinajstić information content (AvgIpc) is 2.71. The Balaban J connectivity index is 1.98. The lowest BCUT2D eigenvalue weighted by atomic mass is 10.0. The van der Waals surface area contributed by atoms with Crippen LogP contribution in [0.5, 0.6) is 5.75 Å². The standard InChI is InChI=1S/C15H16O5S/c16-7-12-11-4-2-1-3-10(11)5-6-14(12)20-15-9-21(18,19)8-13(15)17/h1-6,13,15-17H,7-9H2. The number of aliphatic hydroxyl groups excluding tert-OH is 2. The van der Waals surface area contributed by atoms with Crippen LogP contribution in [0.15, 0.2) is 36.4 Å². The number of hydrogen-bond acceptors (Lipinski definition) is 5. The molecule has 2 N–H and O–H groups in total. The molecule has 2 unspecified atom stereocenters. The predicted octanol–water partition coefficient (Wildman–Crippen LogP) is 0.869. The summed E-state index contributed by atoms with van der Waals surface area (Å²) in [6.07, 6.45) is -1.82. The summed E-state index contributed by atoms with van der Waals surface area (Å²) >= 11 is 0. The number of sulfone groups is 1. The summed E-state index contributed by atoms with van der Waals surface area (Å²) in [7, 11) is -3.26. The number of rotatable bonds is 3. The predicted molar refractivity (Wildman–Crippen MR) is 78.9 cm³/mol. The van der Waals surface area contributed by atoms with Crippen LogP contribution in [-0.4, -0.2) is 42.3 Å². The van der Waals surface area contributed by atoms with Gasteiger partial charge in [-0.05, 0) is 16.8 Å². The summed E-state index contributed by atoms with van der Waals surface area (Å²) < 4.78 is 28.7. The summed E-state index contributed by atoms with van der Waals surface area (Å²) in [6.45, 7) is -0.216. The van der Waals surface area contributed by atoms with Gasteiger partial charge >= 0.3 is 0 Å². The lowest BCUT2D eigenvalue weighted by molar-refractivity contribution is 0.0723. The summed E-state index contributed by atoms with van der Waals surface area (Å²) in [5, 5.41) is 21.2. The van der Waals surface area contributed by atoms with Crippen LogP contribution in [-0.2, 0) is 16.4 Å². The lowest BCUT2D eigenvalue weighted by Gasteiger charge is -2.19. The third-order valence-electron chi connectivity index (χ3n) is 3.71. The van der Waals surface area contributed by atoms with Crippen LogP contribution in [0.25, 0.3) is 10.8 Å². The normalized spacial score (nSPS) is 24.3. The summed E-state index contributed by atoms with van der Waals surface area (Å²) in [5.74, 6) is -0.0664. The van der Waals surface area contributed by atoms with E-state index in [0.29, 0.717) is 11.3 Å². The fourth-order valence-electron chi connectivity index (χ4n) is 2.66. The first-order chi connectivity index (χ1) is 10.00. The van der Waals surface area contributed by atoms with E-state index in [-0.39, 0.29) is 18.1 Å². The second-order valence-electron chi connectivity index (χ2n) is 5.22. The van der Waals surface area contributed by atoms with Gasteiger partial charge in [-0.3, -0.25) is 0 Å². The molecule has 5 nitrogen and oxygen atoms in total. The van der Waals surface area contributed by atoms with Gasteiger partial charge in [0.25, 0.3) is 0 Å². The Kier molecular flexibility index (Phi) is 3.61. The van der Waals surface area contributed by atoms with E-state index in [0.717, 1.165) is 10.8 Å². The Hall–Kier alpha value is -1.63. The number of aliphatic hydroxyl groups is 2. The zero-order valence-corrected chi connectivity index (χ0v) is 12.1. The molecule has 1 saturated heterocycles. The first kappa shape index (κ1) is 14.3. The largest absolute Gasteiger partial charge is 0.486 e. The highest BCUT2D eigenvalue weighted by molar-refractivity contribution is 7.91. The van der Waals surface area contributed by atoms with E-state index in [9.17, 15) is 18.6 Å². The molecule has 1 aliphatic heterocycles. The monoisotopic (exact) mass is 308 g/mol. The highest BCUT2D eigenvalue weighted by Crippen LogP contribution is 2.30. The Morgan fingerprint density at radius 1 is 1.14 bits per heavy atom. The van der Waals surface area contributed by atoms with Gasteiger partial charge in [0.05, 0.1) is 18.1 Å². The molecule has 0 aliphatic carbocycles. The molecular weight excluding hydrogens is 292 g/mol. The Labute approximate surface area is 122 Å². The van der Waals surface area contributed by atoms with Crippen molar-refractivity contribution in [2.24, 2.45) is 0 Å². The van der Waals surface area contributed by atoms with Crippen LogP contribution in [0, 0.1) is 0 Å². The molecule has 0 spiro atoms. The van der Waals surface area contributed by atoms with Crippen molar-refractivity contribution in [2.75, 3.05) is 11.5 Å². The molecule has 1 heterocycles. The third-order valence-corrected chi connectivity index (χ3v) is 5.39. The molecule has 0 radical (unpaired) electrons. The van der Waals surface area contributed by atoms with Gasteiger partial charge < -0.3 is 14.9 Å². The Bertz CT molecular complexity index is 769. The number of fused-ring (bicyclic) bond motifs is 1. The summed E-state index contributed by atoms with van der Waals surface area (Å²) in [6, 6.07) is 11.1. The van der Waals surface area contributed by atoms with E-state index in [1.165, 1.54) is 0 Å². The van der Waals surface area contributed by atoms with Gasteiger partial charge in [0, 0.05) is 5.56 Å². The molecule has 0 bridgehead atoms. The highest BCUT2D eigenvalue weighted by Gasteiger charge is 2.38. The molecule has 0 amide bonds. The van der Waals surface area contributed by atoms with Gasteiger partial charge in [-0.1, -0.05) is 30.3 Å². The molecule has 21 heavy (non-hydrogen) atoms. The van der Waals surface area contributed by atoms with E-state index in [4.69, 9.17) is 4.74 Å². The first-order valence-electron chi connectivity index (χ1n) is 6.67. The molecule has 1 aliphatic rings. The van der Waals surface area contributed by atoms with Gasteiger partial charge in [0.2, 0.25) is 0 Å². The molecule has 2 aromatic carbocycles. The van der Waals surface area contributed by atoms with Crippen molar-refractivity contribution in [3.05, 3.63) is 42.0 Å². The fourth-order valence-corrected chi connectivity index (χ4v) is 4.32. The molecule has 6 heteroatoms. The first-order valence-corrected chi connectivity index (χ1v) is 8.49. The van der Waals surface area contributed by atoms with Gasteiger partial charge in [0.1, 0.15) is 18.0 Å². The number of hydrogen-bond donors (Lipinski definition) is 2. The zero-order chi connectivity index (χ0) is 15.0. The zero-order valence-electron chi connectivity index (χ0n) is 11.3. The lowest BCUT2D eigenvalue weighted by Crippen LogP contribution is -2.30. The Morgan fingerprint density at radius 3 is 2.57 bits per heavy atom.